The number of hydrogen-bond donors (Lipinski definition) is 2. The standard InChI is InChI=1S/C34H24Br2F3N3O5S2/c35-14-5-8-16(9-6-14)42-31(44)26-18-12-19(27(26)32(42)45)28-25(18)24(29-30(48-28)41-33(46)49-29)17-11-15(36)7-10-22(17)47-13-23(43)40-21-4-2-1-3-20(21)34(37,38)39/h1-11,18-19,24-28H,12-13H2,(H,40,43)(H,41,46)/t18?,19?,24-,25?,26?,27?,28?/m1/s1. The molecule has 2 aliphatic carbocycles. The van der Waals surface area contributed by atoms with E-state index in [0.717, 1.165) is 26.8 Å². The Hall–Kier alpha value is -3.40. The highest BCUT2D eigenvalue weighted by molar-refractivity contribution is 9.10. The first-order valence-corrected chi connectivity index (χ1v) is 18.6. The number of ether oxygens (including phenoxy) is 1. The van der Waals surface area contributed by atoms with Crippen LogP contribution >= 0.6 is 55.0 Å². The summed E-state index contributed by atoms with van der Waals surface area (Å²) in [6.07, 6.45) is -3.97. The number of fused-ring (bicyclic) bond motifs is 9. The molecule has 3 amide bonds. The molecule has 0 spiro atoms. The van der Waals surface area contributed by atoms with Gasteiger partial charge < -0.3 is 15.0 Å². The third kappa shape index (κ3) is 5.47. The van der Waals surface area contributed by atoms with Crippen molar-refractivity contribution in [3.05, 3.63) is 101 Å². The molecule has 2 bridgehead atoms. The summed E-state index contributed by atoms with van der Waals surface area (Å²) >= 11 is 9.60. The Bertz CT molecular complexity index is 2090. The molecule has 2 saturated carbocycles. The maximum Gasteiger partial charge on any atom is 0.418 e. The summed E-state index contributed by atoms with van der Waals surface area (Å²) < 4.78 is 48.2. The van der Waals surface area contributed by atoms with Gasteiger partial charge in [-0.1, -0.05) is 55.3 Å². The molecule has 49 heavy (non-hydrogen) atoms. The van der Waals surface area contributed by atoms with Crippen molar-refractivity contribution in [2.24, 2.45) is 29.6 Å². The molecule has 15 heteroatoms. The number of nitrogens with one attached hydrogen (secondary N) is 2. The molecule has 8 rings (SSSR count). The number of imide groups is 1. The maximum absolute atomic E-state index is 14.1. The molecule has 3 fully saturated rings. The Morgan fingerprint density at radius 1 is 0.959 bits per heavy atom. The number of amides is 3. The number of rotatable bonds is 6. The number of carbonyl (C=O) groups is 3. The first kappa shape index (κ1) is 32.8. The minimum absolute atomic E-state index is 0.0791. The average molecular weight is 836 g/mol. The molecular weight excluding hydrogens is 811 g/mol. The Kier molecular flexibility index (Phi) is 8.12. The third-order valence-electron chi connectivity index (χ3n) is 9.98. The zero-order valence-corrected chi connectivity index (χ0v) is 29.8. The molecule has 4 aromatic rings. The number of nitrogens with zero attached hydrogens (tertiary/aromatic N) is 1. The van der Waals surface area contributed by atoms with E-state index >= 15 is 0 Å². The van der Waals surface area contributed by atoms with E-state index in [1.807, 2.05) is 6.07 Å². The van der Waals surface area contributed by atoms with E-state index in [4.69, 9.17) is 4.74 Å². The zero-order chi connectivity index (χ0) is 34.4. The Morgan fingerprint density at radius 3 is 2.39 bits per heavy atom. The SMILES string of the molecule is O=C(COc1ccc(Br)cc1[C@H]1c2sc(=O)[nH]c2SC2C3CC(C4C(=O)N(c5ccc(Br)cc5)C(=O)C34)C21)Nc1ccccc1C(F)(F)F. The smallest absolute Gasteiger partial charge is 0.418 e. The minimum Gasteiger partial charge on any atom is -0.483 e. The van der Waals surface area contributed by atoms with Crippen LogP contribution in [0.25, 0.3) is 0 Å². The largest absolute Gasteiger partial charge is 0.483 e. The summed E-state index contributed by atoms with van der Waals surface area (Å²) in [6.45, 7) is -0.571. The van der Waals surface area contributed by atoms with Crippen LogP contribution in [0.15, 0.2) is 85.5 Å². The first-order valence-electron chi connectivity index (χ1n) is 15.3. The van der Waals surface area contributed by atoms with Crippen molar-refractivity contribution < 1.29 is 32.3 Å². The van der Waals surface area contributed by atoms with Crippen LogP contribution in [-0.2, 0) is 20.6 Å². The van der Waals surface area contributed by atoms with E-state index in [-0.39, 0.29) is 45.4 Å². The molecule has 2 aliphatic heterocycles. The number of alkyl halides is 3. The fourth-order valence-electron chi connectivity index (χ4n) is 8.27. The summed E-state index contributed by atoms with van der Waals surface area (Å²) in [5, 5.41) is 2.94. The van der Waals surface area contributed by atoms with Crippen molar-refractivity contribution in [1.82, 2.24) is 4.98 Å². The van der Waals surface area contributed by atoms with Gasteiger partial charge in [-0.15, -0.1) is 11.8 Å². The number of benzene rings is 3. The van der Waals surface area contributed by atoms with Crippen molar-refractivity contribution in [1.29, 1.82) is 0 Å². The second-order valence-corrected chi connectivity index (χ2v) is 16.5. The molecular formula is C34H24Br2F3N3O5S2. The lowest BCUT2D eigenvalue weighted by molar-refractivity contribution is -0.137. The van der Waals surface area contributed by atoms with Gasteiger partial charge in [0, 0.05) is 30.6 Å². The first-order chi connectivity index (χ1) is 23.4. The summed E-state index contributed by atoms with van der Waals surface area (Å²) in [4.78, 5) is 58.5. The van der Waals surface area contributed by atoms with Crippen LogP contribution in [0.2, 0.25) is 0 Å². The van der Waals surface area contributed by atoms with Crippen LogP contribution in [0.1, 0.15) is 28.3 Å². The summed E-state index contributed by atoms with van der Waals surface area (Å²) in [5.74, 6) is -2.66. The molecule has 2 N–H and O–H groups in total. The molecule has 8 nitrogen and oxygen atoms in total. The lowest BCUT2D eigenvalue weighted by Crippen LogP contribution is -2.42. The summed E-state index contributed by atoms with van der Waals surface area (Å²) in [6, 6.07) is 17.1. The molecule has 3 aromatic carbocycles. The lowest BCUT2D eigenvalue weighted by Gasteiger charge is -2.43. The number of carbonyl (C=O) groups excluding carboxylic acids is 3. The fraction of sp³-hybridized carbons (Fsp3) is 0.294. The number of H-pyrrole nitrogens is 1. The predicted octanol–water partition coefficient (Wildman–Crippen LogP) is 7.68. The van der Waals surface area contributed by atoms with Crippen LogP contribution in [0.5, 0.6) is 5.75 Å². The van der Waals surface area contributed by atoms with Gasteiger partial charge in [-0.3, -0.25) is 24.1 Å². The van der Waals surface area contributed by atoms with Gasteiger partial charge in [0.05, 0.1) is 33.8 Å². The zero-order valence-electron chi connectivity index (χ0n) is 25.0. The molecule has 1 aromatic heterocycles. The Balaban J connectivity index is 1.12. The lowest BCUT2D eigenvalue weighted by atomic mass is 9.68. The summed E-state index contributed by atoms with van der Waals surface area (Å²) in [7, 11) is 0. The van der Waals surface area contributed by atoms with E-state index in [9.17, 15) is 32.3 Å². The van der Waals surface area contributed by atoms with Gasteiger partial charge in [0.15, 0.2) is 6.61 Å². The second-order valence-electron chi connectivity index (χ2n) is 12.5. The summed E-state index contributed by atoms with van der Waals surface area (Å²) in [5.41, 5.74) is -0.142. The van der Waals surface area contributed by atoms with Crippen molar-refractivity contribution >= 4 is 84.1 Å². The van der Waals surface area contributed by atoms with Gasteiger partial charge in [-0.05, 0) is 78.8 Å². The number of aromatic nitrogens is 1. The third-order valence-corrected chi connectivity index (χ3v) is 13.6. The van der Waals surface area contributed by atoms with Gasteiger partial charge in [0.1, 0.15) is 5.75 Å². The van der Waals surface area contributed by atoms with Crippen LogP contribution in [0.4, 0.5) is 24.5 Å². The Labute approximate surface area is 302 Å². The van der Waals surface area contributed by atoms with Crippen LogP contribution in [0, 0.1) is 29.6 Å². The van der Waals surface area contributed by atoms with E-state index in [1.54, 1.807) is 48.2 Å². The number of thiazole rings is 1. The van der Waals surface area contributed by atoms with Gasteiger partial charge in [-0.25, -0.2) is 0 Å². The van der Waals surface area contributed by atoms with Crippen LogP contribution < -0.4 is 19.8 Å². The fourth-order valence-corrected chi connectivity index (χ4v) is 11.8. The topological polar surface area (TPSA) is 109 Å². The monoisotopic (exact) mass is 833 g/mol. The van der Waals surface area contributed by atoms with Crippen LogP contribution in [-0.4, -0.2) is 34.6 Å². The van der Waals surface area contributed by atoms with Gasteiger partial charge >= 0.3 is 11.0 Å². The molecule has 0 radical (unpaired) electrons. The maximum atomic E-state index is 14.1. The number of para-hydroxylation sites is 1. The minimum atomic E-state index is -4.66. The second kappa shape index (κ2) is 12.1. The highest BCUT2D eigenvalue weighted by Crippen LogP contribution is 2.69. The highest BCUT2D eigenvalue weighted by Gasteiger charge is 2.70. The van der Waals surface area contributed by atoms with Gasteiger partial charge in [0.25, 0.3) is 5.91 Å². The number of aromatic amines is 1. The number of hydrogen-bond acceptors (Lipinski definition) is 7. The number of halogens is 5. The number of anilines is 2. The highest BCUT2D eigenvalue weighted by atomic mass is 79.9. The van der Waals surface area contributed by atoms with Crippen molar-refractivity contribution in [3.63, 3.8) is 0 Å². The van der Waals surface area contributed by atoms with E-state index in [0.29, 0.717) is 32.9 Å². The van der Waals surface area contributed by atoms with Crippen LogP contribution in [0.3, 0.4) is 0 Å². The van der Waals surface area contributed by atoms with Crippen molar-refractivity contribution in [2.75, 3.05) is 16.8 Å². The van der Waals surface area contributed by atoms with E-state index in [1.165, 1.54) is 23.1 Å². The van der Waals surface area contributed by atoms with Crippen molar-refractivity contribution in [3.8, 4) is 5.75 Å². The van der Waals surface area contributed by atoms with Gasteiger partial charge in [0.2, 0.25) is 11.8 Å². The average Bonchev–Trinajstić information content (AvgIpc) is 3.79. The van der Waals surface area contributed by atoms with E-state index in [2.05, 4.69) is 42.2 Å². The molecule has 7 atom stereocenters. The molecule has 6 unspecified atom stereocenters. The molecule has 3 heterocycles. The molecule has 252 valence electrons. The molecule has 1 saturated heterocycles. The Morgan fingerprint density at radius 2 is 1.65 bits per heavy atom. The normalized spacial score (nSPS) is 26.8. The van der Waals surface area contributed by atoms with Gasteiger partial charge in [-0.2, -0.15) is 13.2 Å². The van der Waals surface area contributed by atoms with E-state index < -0.39 is 42.0 Å². The molecule has 4 aliphatic rings. The quantitative estimate of drug-likeness (QED) is 0.193. The predicted molar refractivity (Wildman–Crippen MR) is 185 cm³/mol. The van der Waals surface area contributed by atoms with Crippen molar-refractivity contribution in [2.45, 2.75) is 28.8 Å². The number of thioether (sulfide) groups is 1.